The van der Waals surface area contributed by atoms with Gasteiger partial charge in [-0.05, 0) is 24.6 Å². The van der Waals surface area contributed by atoms with Crippen molar-refractivity contribution in [3.63, 3.8) is 0 Å². The zero-order chi connectivity index (χ0) is 14.7. The van der Waals surface area contributed by atoms with E-state index < -0.39 is 31.2 Å². The van der Waals surface area contributed by atoms with Crippen LogP contribution in [0.5, 0.6) is 0 Å². The molecular formula is C11H16ClNO4S2. The molecule has 1 aromatic carbocycles. The van der Waals surface area contributed by atoms with Crippen LogP contribution in [-0.4, -0.2) is 34.1 Å². The van der Waals surface area contributed by atoms with Gasteiger partial charge in [0.25, 0.3) is 0 Å². The largest absolute Gasteiger partial charge is 0.399 e. The minimum atomic E-state index is -3.76. The van der Waals surface area contributed by atoms with Gasteiger partial charge in [0.2, 0.25) is 0 Å². The van der Waals surface area contributed by atoms with Gasteiger partial charge < -0.3 is 5.73 Å². The van der Waals surface area contributed by atoms with Gasteiger partial charge in [0.1, 0.15) is 0 Å². The second kappa shape index (κ2) is 6.11. The van der Waals surface area contributed by atoms with E-state index in [0.717, 1.165) is 0 Å². The molecule has 0 fully saturated rings. The highest BCUT2D eigenvalue weighted by atomic mass is 35.5. The van der Waals surface area contributed by atoms with Crippen molar-refractivity contribution >= 4 is 37.0 Å². The first kappa shape index (κ1) is 16.3. The van der Waals surface area contributed by atoms with Crippen LogP contribution in [0.25, 0.3) is 0 Å². The number of rotatable bonds is 6. The molecule has 0 bridgehead atoms. The van der Waals surface area contributed by atoms with Crippen LogP contribution >= 0.6 is 11.6 Å². The van der Waals surface area contributed by atoms with Crippen LogP contribution in [0.1, 0.15) is 13.3 Å². The smallest absolute Gasteiger partial charge is 0.180 e. The van der Waals surface area contributed by atoms with E-state index in [1.807, 2.05) is 0 Å². The van der Waals surface area contributed by atoms with Crippen LogP contribution in [0.3, 0.4) is 0 Å². The summed E-state index contributed by atoms with van der Waals surface area (Å²) in [6, 6.07) is 4.10. The summed E-state index contributed by atoms with van der Waals surface area (Å²) in [6.45, 7) is 1.72. The Kier molecular flexibility index (Phi) is 5.23. The molecule has 0 unspecified atom stereocenters. The average Bonchev–Trinajstić information content (AvgIpc) is 2.30. The monoisotopic (exact) mass is 325 g/mol. The van der Waals surface area contributed by atoms with Crippen LogP contribution in [0.2, 0.25) is 5.02 Å². The molecule has 1 rings (SSSR count). The van der Waals surface area contributed by atoms with E-state index in [1.54, 1.807) is 6.92 Å². The van der Waals surface area contributed by atoms with Crippen molar-refractivity contribution in [1.82, 2.24) is 0 Å². The van der Waals surface area contributed by atoms with Crippen LogP contribution in [0.4, 0.5) is 5.69 Å². The summed E-state index contributed by atoms with van der Waals surface area (Å²) in [5, 5.41) is 0.0436. The van der Waals surface area contributed by atoms with Gasteiger partial charge >= 0.3 is 0 Å². The predicted octanol–water partition coefficient (Wildman–Crippen LogP) is 1.52. The second-order valence-corrected chi connectivity index (χ2v) is 8.95. The lowest BCUT2D eigenvalue weighted by atomic mass is 10.3. The summed E-state index contributed by atoms with van der Waals surface area (Å²) in [5.41, 5.74) is 5.78. The first-order chi connectivity index (χ1) is 8.68. The molecule has 108 valence electrons. The Hall–Kier alpha value is -0.790. The zero-order valence-corrected chi connectivity index (χ0v) is 12.9. The number of halogens is 1. The standard InChI is InChI=1S/C11H16ClNO4S2/c1-2-5-18(14,15)6-7-19(16,17)11-8-9(13)3-4-10(11)12/h3-4,8H,2,5-7,13H2,1H3. The van der Waals surface area contributed by atoms with Gasteiger partial charge in [0.15, 0.2) is 19.7 Å². The molecule has 0 aliphatic heterocycles. The molecule has 0 saturated heterocycles. The Morgan fingerprint density at radius 3 is 2.32 bits per heavy atom. The van der Waals surface area contributed by atoms with Crippen molar-refractivity contribution in [2.75, 3.05) is 23.0 Å². The molecule has 0 atom stereocenters. The molecule has 0 aliphatic rings. The Labute approximate surface area is 118 Å². The van der Waals surface area contributed by atoms with Gasteiger partial charge in [-0.2, -0.15) is 0 Å². The van der Waals surface area contributed by atoms with Crippen molar-refractivity contribution in [1.29, 1.82) is 0 Å². The Balaban J connectivity index is 2.97. The molecule has 5 nitrogen and oxygen atoms in total. The van der Waals surface area contributed by atoms with Gasteiger partial charge in [0, 0.05) is 11.4 Å². The van der Waals surface area contributed by atoms with E-state index in [1.165, 1.54) is 18.2 Å². The van der Waals surface area contributed by atoms with Crippen molar-refractivity contribution < 1.29 is 16.8 Å². The summed E-state index contributed by atoms with van der Waals surface area (Å²) < 4.78 is 47.2. The van der Waals surface area contributed by atoms with Gasteiger partial charge in [-0.3, -0.25) is 0 Å². The third-order valence-electron chi connectivity index (χ3n) is 2.47. The summed E-state index contributed by atoms with van der Waals surface area (Å²) in [5.74, 6) is -0.917. The minimum Gasteiger partial charge on any atom is -0.399 e. The minimum absolute atomic E-state index is 0.0207. The number of anilines is 1. The maximum atomic E-state index is 12.1. The number of sulfone groups is 2. The Morgan fingerprint density at radius 2 is 1.74 bits per heavy atom. The molecule has 0 aromatic heterocycles. The third-order valence-corrected chi connectivity index (χ3v) is 6.77. The van der Waals surface area contributed by atoms with E-state index in [0.29, 0.717) is 6.42 Å². The predicted molar refractivity (Wildman–Crippen MR) is 76.9 cm³/mol. The van der Waals surface area contributed by atoms with Gasteiger partial charge in [-0.25, -0.2) is 16.8 Å². The van der Waals surface area contributed by atoms with Crippen molar-refractivity contribution in [2.45, 2.75) is 18.2 Å². The Bertz CT molecular complexity index is 653. The lowest BCUT2D eigenvalue weighted by Crippen LogP contribution is -2.19. The van der Waals surface area contributed by atoms with Crippen LogP contribution < -0.4 is 5.73 Å². The van der Waals surface area contributed by atoms with Crippen molar-refractivity contribution in [3.05, 3.63) is 23.2 Å². The fourth-order valence-corrected chi connectivity index (χ4v) is 5.61. The molecule has 2 N–H and O–H groups in total. The molecule has 0 spiro atoms. The summed E-state index contributed by atoms with van der Waals surface area (Å²) >= 11 is 5.81. The number of nitrogen functional groups attached to an aromatic ring is 1. The highest BCUT2D eigenvalue weighted by Gasteiger charge is 2.22. The summed E-state index contributed by atoms with van der Waals surface area (Å²) in [7, 11) is -7.11. The molecular weight excluding hydrogens is 310 g/mol. The highest BCUT2D eigenvalue weighted by Crippen LogP contribution is 2.24. The highest BCUT2D eigenvalue weighted by molar-refractivity contribution is 7.95. The molecule has 1 aromatic rings. The Morgan fingerprint density at radius 1 is 1.11 bits per heavy atom. The van der Waals surface area contributed by atoms with Gasteiger partial charge in [-0.1, -0.05) is 18.5 Å². The van der Waals surface area contributed by atoms with E-state index in [-0.39, 0.29) is 21.4 Å². The summed E-state index contributed by atoms with van der Waals surface area (Å²) in [6.07, 6.45) is 0.460. The number of hydrogen-bond acceptors (Lipinski definition) is 5. The molecule has 8 heteroatoms. The SMILES string of the molecule is CCCS(=O)(=O)CCS(=O)(=O)c1cc(N)ccc1Cl. The third kappa shape index (κ3) is 4.67. The second-order valence-electron chi connectivity index (χ2n) is 4.16. The molecule has 0 aliphatic carbocycles. The van der Waals surface area contributed by atoms with Gasteiger partial charge in [-0.15, -0.1) is 0 Å². The normalized spacial score (nSPS) is 12.5. The molecule has 0 radical (unpaired) electrons. The quantitative estimate of drug-likeness (QED) is 0.800. The lowest BCUT2D eigenvalue weighted by Gasteiger charge is -2.08. The molecule has 0 amide bonds. The van der Waals surface area contributed by atoms with Crippen LogP contribution in [0.15, 0.2) is 23.1 Å². The lowest BCUT2D eigenvalue weighted by molar-refractivity contribution is 0.587. The maximum Gasteiger partial charge on any atom is 0.180 e. The zero-order valence-electron chi connectivity index (χ0n) is 10.5. The van der Waals surface area contributed by atoms with E-state index in [4.69, 9.17) is 17.3 Å². The van der Waals surface area contributed by atoms with Crippen molar-refractivity contribution in [3.8, 4) is 0 Å². The first-order valence-electron chi connectivity index (χ1n) is 5.66. The summed E-state index contributed by atoms with van der Waals surface area (Å²) in [4.78, 5) is -0.124. The van der Waals surface area contributed by atoms with E-state index in [9.17, 15) is 16.8 Å². The molecule has 0 saturated carbocycles. The maximum absolute atomic E-state index is 12.1. The topological polar surface area (TPSA) is 94.3 Å². The van der Waals surface area contributed by atoms with Gasteiger partial charge in [0.05, 0.1) is 21.4 Å². The number of nitrogens with two attached hydrogens (primary N) is 1. The number of hydrogen-bond donors (Lipinski definition) is 1. The molecule has 19 heavy (non-hydrogen) atoms. The van der Waals surface area contributed by atoms with E-state index >= 15 is 0 Å². The van der Waals surface area contributed by atoms with Crippen molar-refractivity contribution in [2.24, 2.45) is 0 Å². The van der Waals surface area contributed by atoms with E-state index in [2.05, 4.69) is 0 Å². The van der Waals surface area contributed by atoms with Crippen LogP contribution in [0, 0.1) is 0 Å². The number of benzene rings is 1. The van der Waals surface area contributed by atoms with Crippen LogP contribution in [-0.2, 0) is 19.7 Å². The fourth-order valence-electron chi connectivity index (χ4n) is 1.52. The first-order valence-corrected chi connectivity index (χ1v) is 9.51. The average molecular weight is 326 g/mol. The molecule has 0 heterocycles. The fraction of sp³-hybridized carbons (Fsp3) is 0.455.